The Balaban J connectivity index is 0.00000243. The maximum atomic E-state index is 13.4. The Labute approximate surface area is 160 Å². The Morgan fingerprint density at radius 2 is 2.00 bits per heavy atom. The van der Waals surface area contributed by atoms with Gasteiger partial charge in [0.25, 0.3) is 0 Å². The van der Waals surface area contributed by atoms with E-state index in [1.54, 1.807) is 36.7 Å². The molecule has 3 rings (SSSR count). The molecule has 1 fully saturated rings. The van der Waals surface area contributed by atoms with Gasteiger partial charge in [-0.2, -0.15) is 4.31 Å². The smallest absolute Gasteiger partial charge is 0.244 e. The molecule has 1 unspecified atom stereocenters. The molecule has 26 heavy (non-hydrogen) atoms. The first-order chi connectivity index (χ1) is 11.9. The second-order valence-electron chi connectivity index (χ2n) is 6.32. The van der Waals surface area contributed by atoms with Gasteiger partial charge in [0.2, 0.25) is 10.0 Å². The van der Waals surface area contributed by atoms with Crippen molar-refractivity contribution in [1.82, 2.24) is 19.2 Å². The topological polar surface area (TPSA) is 76.5 Å². The fourth-order valence-corrected chi connectivity index (χ4v) is 5.16. The van der Waals surface area contributed by atoms with E-state index < -0.39 is 10.0 Å². The molecule has 0 spiro atoms. The van der Waals surface area contributed by atoms with Crippen LogP contribution in [0.15, 0.2) is 29.4 Å². The zero-order valence-electron chi connectivity index (χ0n) is 15.4. The molecule has 2 heterocycles. The van der Waals surface area contributed by atoms with Gasteiger partial charge in [-0.25, -0.2) is 13.4 Å². The van der Waals surface area contributed by atoms with Gasteiger partial charge in [0.05, 0.1) is 18.0 Å². The summed E-state index contributed by atoms with van der Waals surface area (Å²) in [5, 5.41) is 3.27. The molecular weight excluding hydrogens is 376 g/mol. The van der Waals surface area contributed by atoms with Crippen molar-refractivity contribution in [2.45, 2.75) is 24.8 Å². The van der Waals surface area contributed by atoms with Gasteiger partial charge in [-0.15, -0.1) is 12.4 Å². The van der Waals surface area contributed by atoms with Crippen LogP contribution in [0.2, 0.25) is 0 Å². The summed E-state index contributed by atoms with van der Waals surface area (Å²) in [6, 6.07) is 3.14. The number of aryl methyl sites for hydroxylation is 3. The molecule has 1 aromatic heterocycles. The molecule has 0 bridgehead atoms. The van der Waals surface area contributed by atoms with Crippen LogP contribution in [0.3, 0.4) is 0 Å². The molecule has 0 aliphatic carbocycles. The summed E-state index contributed by atoms with van der Waals surface area (Å²) in [4.78, 5) is 4.69. The largest absolute Gasteiger partial charge is 0.496 e. The number of hydrogen-bond donors (Lipinski definition) is 1. The second-order valence-corrected chi connectivity index (χ2v) is 8.18. The van der Waals surface area contributed by atoms with Crippen molar-refractivity contribution >= 4 is 22.4 Å². The number of ether oxygens (including phenoxy) is 1. The maximum Gasteiger partial charge on any atom is 0.244 e. The summed E-state index contributed by atoms with van der Waals surface area (Å²) < 4.78 is 35.5. The summed E-state index contributed by atoms with van der Waals surface area (Å²) in [6.07, 6.45) is 3.52. The quantitative estimate of drug-likeness (QED) is 0.846. The molecule has 1 atom stereocenters. The Hall–Kier alpha value is -1.61. The number of halogens is 1. The number of nitrogens with zero attached hydrogens (tertiary/aromatic N) is 3. The van der Waals surface area contributed by atoms with Crippen molar-refractivity contribution in [3.63, 3.8) is 0 Å². The number of sulfonamides is 1. The molecular formula is C17H25ClN4O3S. The number of piperazine rings is 1. The summed E-state index contributed by atoms with van der Waals surface area (Å²) in [6.45, 7) is 5.22. The number of aromatic nitrogens is 2. The summed E-state index contributed by atoms with van der Waals surface area (Å²) in [5.74, 6) is 1.43. The predicted molar refractivity (Wildman–Crippen MR) is 102 cm³/mol. The summed E-state index contributed by atoms with van der Waals surface area (Å²) in [7, 11) is -0.182. The summed E-state index contributed by atoms with van der Waals surface area (Å²) in [5.41, 5.74) is 1.48. The monoisotopic (exact) mass is 400 g/mol. The highest BCUT2D eigenvalue weighted by atomic mass is 35.5. The van der Waals surface area contributed by atoms with Crippen molar-refractivity contribution in [2.75, 3.05) is 26.7 Å². The molecule has 1 aliphatic rings. The molecule has 1 saturated heterocycles. The van der Waals surface area contributed by atoms with Gasteiger partial charge in [-0.05, 0) is 37.1 Å². The fourth-order valence-electron chi connectivity index (χ4n) is 3.28. The molecule has 2 aromatic rings. The van der Waals surface area contributed by atoms with Gasteiger partial charge >= 0.3 is 0 Å². The second kappa shape index (κ2) is 7.96. The molecule has 144 valence electrons. The first-order valence-corrected chi connectivity index (χ1v) is 9.65. The lowest BCUT2D eigenvalue weighted by Crippen LogP contribution is -2.49. The van der Waals surface area contributed by atoms with Crippen molar-refractivity contribution in [3.05, 3.63) is 41.5 Å². The lowest BCUT2D eigenvalue weighted by atomic mass is 10.1. The lowest BCUT2D eigenvalue weighted by Gasteiger charge is -2.35. The Morgan fingerprint density at radius 3 is 2.62 bits per heavy atom. The van der Waals surface area contributed by atoms with Crippen LogP contribution in [0, 0.1) is 13.8 Å². The average molecular weight is 401 g/mol. The van der Waals surface area contributed by atoms with Crippen LogP contribution < -0.4 is 10.1 Å². The van der Waals surface area contributed by atoms with E-state index in [-0.39, 0.29) is 18.4 Å². The van der Waals surface area contributed by atoms with Gasteiger partial charge < -0.3 is 14.6 Å². The van der Waals surface area contributed by atoms with E-state index in [0.717, 1.165) is 11.4 Å². The third-order valence-corrected chi connectivity index (χ3v) is 6.68. The fraction of sp³-hybridized carbons (Fsp3) is 0.471. The number of methoxy groups -OCH3 is 1. The third-order valence-electron chi connectivity index (χ3n) is 4.63. The average Bonchev–Trinajstić information content (AvgIpc) is 3.02. The minimum Gasteiger partial charge on any atom is -0.496 e. The Kier molecular flexibility index (Phi) is 6.33. The van der Waals surface area contributed by atoms with Gasteiger partial charge in [-0.1, -0.05) is 0 Å². The molecule has 1 aromatic carbocycles. The van der Waals surface area contributed by atoms with Crippen molar-refractivity contribution in [1.29, 1.82) is 0 Å². The van der Waals surface area contributed by atoms with Crippen LogP contribution in [0.4, 0.5) is 0 Å². The van der Waals surface area contributed by atoms with E-state index in [9.17, 15) is 8.42 Å². The van der Waals surface area contributed by atoms with Crippen LogP contribution in [-0.4, -0.2) is 49.0 Å². The van der Waals surface area contributed by atoms with Crippen LogP contribution >= 0.6 is 12.4 Å². The minimum atomic E-state index is -3.65. The highest BCUT2D eigenvalue weighted by Crippen LogP contribution is 2.32. The van der Waals surface area contributed by atoms with Gasteiger partial charge in [0.15, 0.2) is 0 Å². The predicted octanol–water partition coefficient (Wildman–Crippen LogP) is 1.80. The molecule has 1 N–H and O–H groups in total. The van der Waals surface area contributed by atoms with Crippen molar-refractivity contribution in [2.24, 2.45) is 7.05 Å². The number of nitrogens with one attached hydrogen (secondary N) is 1. The molecule has 1 aliphatic heterocycles. The first-order valence-electron chi connectivity index (χ1n) is 8.21. The van der Waals surface area contributed by atoms with Gasteiger partial charge in [-0.3, -0.25) is 0 Å². The molecule has 9 heteroatoms. The third kappa shape index (κ3) is 3.59. The van der Waals surface area contributed by atoms with Gasteiger partial charge in [0, 0.05) is 39.1 Å². The number of rotatable bonds is 4. The number of imidazole rings is 1. The van der Waals surface area contributed by atoms with E-state index >= 15 is 0 Å². The SMILES string of the molecule is COc1cc(C)c(S(=O)(=O)N2CCNCC2c2nccn2C)cc1C.Cl. The van der Waals surface area contributed by atoms with Crippen LogP contribution in [0.1, 0.15) is 23.0 Å². The number of benzene rings is 1. The maximum absolute atomic E-state index is 13.4. The van der Waals surface area contributed by atoms with E-state index in [4.69, 9.17) is 4.74 Å². The number of hydrogen-bond acceptors (Lipinski definition) is 5. The van der Waals surface area contributed by atoms with Crippen LogP contribution in [0.5, 0.6) is 5.75 Å². The Morgan fingerprint density at radius 1 is 1.27 bits per heavy atom. The van der Waals surface area contributed by atoms with E-state index in [2.05, 4.69) is 10.3 Å². The highest BCUT2D eigenvalue weighted by molar-refractivity contribution is 7.89. The van der Waals surface area contributed by atoms with Crippen molar-refractivity contribution < 1.29 is 13.2 Å². The zero-order chi connectivity index (χ0) is 18.2. The standard InChI is InChI=1S/C17H24N4O3S.ClH/c1-12-10-16(13(2)9-15(12)24-4)25(22,23)21-8-5-18-11-14(21)17-19-6-7-20(17)3;/h6-7,9-10,14,18H,5,8,11H2,1-4H3;1H. The first kappa shape index (κ1) is 20.7. The lowest BCUT2D eigenvalue weighted by molar-refractivity contribution is 0.258. The van der Waals surface area contributed by atoms with Crippen LogP contribution in [-0.2, 0) is 17.1 Å². The molecule has 7 nitrogen and oxygen atoms in total. The van der Waals surface area contributed by atoms with E-state index in [1.807, 2.05) is 24.7 Å². The highest BCUT2D eigenvalue weighted by Gasteiger charge is 2.37. The molecule has 0 saturated carbocycles. The zero-order valence-corrected chi connectivity index (χ0v) is 17.0. The minimum absolute atomic E-state index is 0. The van der Waals surface area contributed by atoms with Gasteiger partial charge in [0.1, 0.15) is 11.6 Å². The summed E-state index contributed by atoms with van der Waals surface area (Å²) >= 11 is 0. The van der Waals surface area contributed by atoms with Crippen molar-refractivity contribution in [3.8, 4) is 5.75 Å². The van der Waals surface area contributed by atoms with E-state index in [0.29, 0.717) is 35.8 Å². The van der Waals surface area contributed by atoms with E-state index in [1.165, 1.54) is 0 Å². The normalized spacial score (nSPS) is 18.4. The molecule has 0 amide bonds. The molecule has 0 radical (unpaired) electrons. The Bertz CT molecular complexity index is 882. The van der Waals surface area contributed by atoms with Crippen LogP contribution in [0.25, 0.3) is 0 Å².